The maximum Gasteiger partial charge on any atom is 0.481 e. The van der Waals surface area contributed by atoms with Crippen molar-refractivity contribution in [2.24, 2.45) is 21.7 Å². The summed E-state index contributed by atoms with van der Waals surface area (Å²) >= 11 is 0. The number of rotatable bonds is 52. The number of phosphoric acid groups is 6. The van der Waals surface area contributed by atoms with Crippen molar-refractivity contribution in [1.82, 2.24) is 60.3 Å². The van der Waals surface area contributed by atoms with E-state index in [1.54, 1.807) is 0 Å². The van der Waals surface area contributed by atoms with Gasteiger partial charge in [0, 0.05) is 73.5 Å². The average molecular weight is 1830 g/mol. The molecule has 4 aromatic heterocycles. The number of aryl methyl sites for hydroxylation is 2. The molecule has 48 nitrogen and oxygen atoms in total. The lowest BCUT2D eigenvalue weighted by molar-refractivity contribution is -0.137. The van der Waals surface area contributed by atoms with Crippen LogP contribution in [-0.2, 0) is 114 Å². The van der Waals surface area contributed by atoms with Crippen molar-refractivity contribution in [2.45, 2.75) is 207 Å². The molecule has 2 saturated heterocycles. The Morgan fingerprint density at radius 3 is 1.23 bits per heavy atom. The van der Waals surface area contributed by atoms with Gasteiger partial charge in [-0.15, -0.1) is 0 Å². The Hall–Kier alpha value is -6.36. The molecule has 14 unspecified atom stereocenters. The van der Waals surface area contributed by atoms with Crippen LogP contribution < -0.4 is 32.7 Å². The molecule has 674 valence electrons. The van der Waals surface area contributed by atoms with Crippen molar-refractivity contribution in [3.05, 3.63) is 60.7 Å². The highest BCUT2D eigenvalue weighted by atomic mass is 31.3. The van der Waals surface area contributed by atoms with Gasteiger partial charge < -0.3 is 102 Å². The number of nitrogens with two attached hydrogens (primary N) is 2. The van der Waals surface area contributed by atoms with E-state index in [0.717, 1.165) is 91.4 Å². The summed E-state index contributed by atoms with van der Waals surface area (Å²) in [6.45, 7) is 7.58. The predicted molar refractivity (Wildman–Crippen MR) is 417 cm³/mol. The van der Waals surface area contributed by atoms with Gasteiger partial charge in [-0.3, -0.25) is 65.0 Å². The molecule has 120 heavy (non-hydrogen) atoms. The Balaban J connectivity index is 0.694. The van der Waals surface area contributed by atoms with Crippen molar-refractivity contribution in [3.8, 4) is 0 Å². The smallest absolute Gasteiger partial charge is 0.386 e. The van der Waals surface area contributed by atoms with Gasteiger partial charge in [-0.1, -0.05) is 105 Å². The van der Waals surface area contributed by atoms with E-state index in [9.17, 15) is 116 Å². The van der Waals surface area contributed by atoms with Crippen LogP contribution in [-0.4, -0.2) is 235 Å². The molecule has 54 heteroatoms. The Labute approximate surface area is 687 Å². The zero-order chi connectivity index (χ0) is 89.4. The summed E-state index contributed by atoms with van der Waals surface area (Å²) in [5, 5.41) is 53.6. The Kier molecular flexibility index (Phi) is 35.7. The molecule has 6 heterocycles. The summed E-state index contributed by atoms with van der Waals surface area (Å²) in [5.74, 6) is -3.34. The molecular formula is C66H106N14O34P6. The van der Waals surface area contributed by atoms with Crippen LogP contribution in [0.4, 0.5) is 11.6 Å². The monoisotopic (exact) mass is 1820 g/mol. The maximum absolute atomic E-state index is 13.3. The molecule has 7 rings (SSSR count). The molecule has 4 amide bonds. The molecule has 5 aromatic rings. The summed E-state index contributed by atoms with van der Waals surface area (Å²) < 4.78 is 126. The minimum absolute atomic E-state index is 0.00522. The molecule has 0 bridgehead atoms. The summed E-state index contributed by atoms with van der Waals surface area (Å²) in [5.41, 5.74) is 9.35. The molecule has 0 saturated carbocycles. The first-order valence-corrected chi connectivity index (χ1v) is 46.6. The third-order valence-corrected chi connectivity index (χ3v) is 25.7. The van der Waals surface area contributed by atoms with Crippen LogP contribution in [0.5, 0.6) is 0 Å². The molecule has 0 radical (unpaired) electrons. The van der Waals surface area contributed by atoms with Gasteiger partial charge in [0.05, 0.1) is 39.1 Å². The van der Waals surface area contributed by atoms with E-state index in [2.05, 4.69) is 87.0 Å². The number of nitrogen functional groups attached to an aromatic ring is 2. The van der Waals surface area contributed by atoms with Crippen molar-refractivity contribution in [2.75, 3.05) is 64.1 Å². The van der Waals surface area contributed by atoms with E-state index in [-0.39, 0.29) is 97.4 Å². The summed E-state index contributed by atoms with van der Waals surface area (Å²) in [4.78, 5) is 181. The van der Waals surface area contributed by atoms with E-state index < -0.39 is 180 Å². The number of aromatic nitrogens is 8. The number of benzene rings is 1. The van der Waals surface area contributed by atoms with Crippen LogP contribution in [0.1, 0.15) is 156 Å². The fraction of sp³-hybridized carbons (Fsp3) is 0.667. The summed E-state index contributed by atoms with van der Waals surface area (Å²) in [6.07, 6.45) is -6.45. The standard InChI is InChI=1S/C66H106N14O34P6/c1-63(2,43(81)20-26-69-45(83)22-28-71-59(89)53(87)65(5,6)33-107-119(101,102)113-117(97,98)105-31-41-51(111-115(91,92)93)49(85)61(109-41)79-37-77-47-55(67)73-35-75-57(47)79)24-13-10-9-11-16-39-18-15-19-40(30-39)17-12-14-25-64(3,4)44(82)21-27-70-46(84)23-29-72-60(90)54(88)66(7,8)34-108-120(103,104)114-118(99,100)106-32-42-52(112-116(94,95)96)50(86)62(110-42)80-38-78-48-56(68)74-36-76-58(48)80/h15,18-19,30,35-38,41-42,49-54,61-62,85-88H,9-14,16-17,20-29,31-34H2,1-8H3,(H,69,83)(H,70,84)(H,71,89)(H,72,90)(H,97,98)(H,99,100)(H,101,102)(H,103,104)(H2,67,73,75)(H2,68,74,76)(H2,91,92,93)(H2,94,95,96). The first-order valence-electron chi connectivity index (χ1n) is 37.5. The van der Waals surface area contributed by atoms with Crippen molar-refractivity contribution in [3.63, 3.8) is 0 Å². The van der Waals surface area contributed by atoms with Crippen LogP contribution in [0.25, 0.3) is 22.3 Å². The summed E-state index contributed by atoms with van der Waals surface area (Å²) in [6, 6.07) is 8.32. The van der Waals surface area contributed by atoms with E-state index >= 15 is 0 Å². The number of nitrogens with zero attached hydrogens (tertiary/aromatic N) is 8. The number of aliphatic hydroxyl groups is 4. The lowest BCUT2D eigenvalue weighted by Crippen LogP contribution is -2.46. The predicted octanol–water partition coefficient (Wildman–Crippen LogP) is 2.70. The van der Waals surface area contributed by atoms with Crippen LogP contribution >= 0.6 is 46.9 Å². The number of unbranched alkanes of at least 4 members (excludes halogenated alkanes) is 4. The fourth-order valence-electron chi connectivity index (χ4n) is 12.6. The number of phosphoric ester groups is 6. The largest absolute Gasteiger partial charge is 0.481 e. The zero-order valence-electron chi connectivity index (χ0n) is 66.7. The van der Waals surface area contributed by atoms with Gasteiger partial charge in [0.25, 0.3) is 0 Å². The number of fused-ring (bicyclic) bond motifs is 2. The van der Waals surface area contributed by atoms with Crippen LogP contribution in [0.2, 0.25) is 0 Å². The highest BCUT2D eigenvalue weighted by molar-refractivity contribution is 7.61. The van der Waals surface area contributed by atoms with Crippen LogP contribution in [0.15, 0.2) is 49.6 Å². The second-order valence-corrected chi connectivity index (χ2v) is 39.7. The zero-order valence-corrected chi connectivity index (χ0v) is 72.1. The second kappa shape index (κ2) is 42.6. The SMILES string of the molecule is CC(C)(CCCCCCc1cccc(CCCCC(C)(C)C(=O)CCNC(=O)CCNC(=O)C(O)C(C)(C)COP(=O)(O)OP(=O)(O)OCC2OC(n3cnc4c(N)ncnc43)C(O)C2OP(=O)(O)O)c1)C(=O)CCNC(=O)CCNC(=O)C(O)C(C)(C)COP(=O)(O)OP(=O)(O)OCC1OC(n2cnc3c(N)ncnc32)C(O)C1OP(=O)(O)O. The molecule has 20 N–H and O–H groups in total. The van der Waals surface area contributed by atoms with Gasteiger partial charge in [-0.25, -0.2) is 57.3 Å². The molecular weight excluding hydrogens is 1720 g/mol. The van der Waals surface area contributed by atoms with Gasteiger partial charge in [0.2, 0.25) is 23.6 Å². The Bertz CT molecular complexity index is 4680. The molecule has 0 aliphatic carbocycles. The molecule has 14 atom stereocenters. The number of imidazole rings is 2. The minimum Gasteiger partial charge on any atom is -0.386 e. The van der Waals surface area contributed by atoms with Gasteiger partial charge in [-0.2, -0.15) is 8.62 Å². The topological polar surface area (TPSA) is 727 Å². The fourth-order valence-corrected chi connectivity index (χ4v) is 18.2. The maximum atomic E-state index is 13.3. The number of nitrogens with one attached hydrogen (secondary N) is 4. The number of ketones is 2. The molecule has 1 aromatic carbocycles. The Morgan fingerprint density at radius 1 is 0.492 bits per heavy atom. The van der Waals surface area contributed by atoms with Crippen molar-refractivity contribution in [1.29, 1.82) is 0 Å². The number of anilines is 2. The highest BCUT2D eigenvalue weighted by Crippen LogP contribution is 2.63. The normalized spacial score (nSPS) is 21.4. The number of amides is 4. The van der Waals surface area contributed by atoms with E-state index in [1.165, 1.54) is 33.3 Å². The lowest BCUT2D eigenvalue weighted by atomic mass is 9.81. The lowest BCUT2D eigenvalue weighted by Gasteiger charge is -2.30. The van der Waals surface area contributed by atoms with Gasteiger partial charge in [0.1, 0.15) is 84.1 Å². The quantitative estimate of drug-likeness (QED) is 0.0196. The third-order valence-electron chi connectivity index (χ3n) is 19.5. The number of hydrogen-bond donors (Lipinski definition) is 18. The van der Waals surface area contributed by atoms with E-state index in [1.807, 2.05) is 33.8 Å². The van der Waals surface area contributed by atoms with Crippen molar-refractivity contribution < 1.29 is 161 Å². The van der Waals surface area contributed by atoms with Gasteiger partial charge >= 0.3 is 46.9 Å². The average Bonchev–Trinajstić information content (AvgIpc) is 1.62. The second-order valence-electron chi connectivity index (χ2n) is 31.2. The first kappa shape index (κ1) is 101. The molecule has 2 fully saturated rings. The van der Waals surface area contributed by atoms with Crippen molar-refractivity contribution >= 4 is 116 Å². The summed E-state index contributed by atoms with van der Waals surface area (Å²) in [7, 11) is -33.2. The van der Waals surface area contributed by atoms with E-state index in [4.69, 9.17) is 39.0 Å². The van der Waals surface area contributed by atoms with Gasteiger partial charge in [0.15, 0.2) is 35.4 Å². The number of hydrogen-bond acceptors (Lipinski definition) is 34. The van der Waals surface area contributed by atoms with Crippen LogP contribution in [0.3, 0.4) is 0 Å². The number of carbonyl (C=O) groups is 6. The number of carbonyl (C=O) groups excluding carboxylic acids is 6. The highest BCUT2D eigenvalue weighted by Gasteiger charge is 2.53. The third kappa shape index (κ3) is 30.5. The number of Topliss-reactive ketones (excluding diaryl/α,β-unsaturated/α-hetero) is 2. The van der Waals surface area contributed by atoms with Crippen LogP contribution in [0, 0.1) is 21.7 Å². The molecule has 2 aliphatic heterocycles. The molecule has 2 aliphatic rings. The first-order chi connectivity index (χ1) is 55.6. The Morgan fingerprint density at radius 2 is 0.842 bits per heavy atom. The molecule has 0 spiro atoms. The minimum atomic E-state index is -5.64. The van der Waals surface area contributed by atoms with E-state index in [0.29, 0.717) is 12.8 Å². The number of ether oxygens (including phenoxy) is 2. The number of aliphatic hydroxyl groups excluding tert-OH is 4. The van der Waals surface area contributed by atoms with Gasteiger partial charge in [-0.05, 0) is 49.7 Å².